The first kappa shape index (κ1) is 15.6. The fraction of sp³-hybridized carbons (Fsp3) is 0.462. The van der Waals surface area contributed by atoms with E-state index in [4.69, 9.17) is 14.9 Å². The van der Waals surface area contributed by atoms with Crippen molar-refractivity contribution in [1.29, 1.82) is 0 Å². The number of benzene rings is 1. The SMILES string of the molecule is COc1ccc(F)cc1C(=O)CN(CCO)CCO. The molecule has 0 unspecified atom stereocenters. The van der Waals surface area contributed by atoms with Crippen molar-refractivity contribution < 1.29 is 24.1 Å². The summed E-state index contributed by atoms with van der Waals surface area (Å²) in [5, 5.41) is 17.7. The molecule has 0 saturated carbocycles. The van der Waals surface area contributed by atoms with Crippen LogP contribution in [0.15, 0.2) is 18.2 Å². The van der Waals surface area contributed by atoms with Crippen molar-refractivity contribution in [3.63, 3.8) is 0 Å². The van der Waals surface area contributed by atoms with E-state index in [0.717, 1.165) is 6.07 Å². The molecule has 6 heteroatoms. The van der Waals surface area contributed by atoms with Crippen molar-refractivity contribution in [2.45, 2.75) is 0 Å². The van der Waals surface area contributed by atoms with Gasteiger partial charge in [0.1, 0.15) is 11.6 Å². The molecule has 1 aromatic carbocycles. The average Bonchev–Trinajstić information content (AvgIpc) is 2.39. The highest BCUT2D eigenvalue weighted by Gasteiger charge is 2.16. The number of ketones is 1. The number of hydrogen-bond donors (Lipinski definition) is 2. The number of Topliss-reactive ketones (excluding diaryl/α,β-unsaturated/α-hetero) is 1. The topological polar surface area (TPSA) is 70.0 Å². The molecule has 0 amide bonds. The van der Waals surface area contributed by atoms with E-state index in [2.05, 4.69) is 0 Å². The van der Waals surface area contributed by atoms with Gasteiger partial charge in [0.2, 0.25) is 0 Å². The fourth-order valence-electron chi connectivity index (χ4n) is 1.74. The van der Waals surface area contributed by atoms with Gasteiger partial charge in [-0.2, -0.15) is 0 Å². The highest BCUT2D eigenvalue weighted by atomic mass is 19.1. The molecule has 0 aliphatic rings. The Balaban J connectivity index is 2.83. The molecular formula is C13H18FNO4. The van der Waals surface area contributed by atoms with Gasteiger partial charge in [0.05, 0.1) is 32.4 Å². The number of aliphatic hydroxyl groups is 2. The first-order chi connectivity index (χ1) is 9.12. The van der Waals surface area contributed by atoms with E-state index in [1.165, 1.54) is 19.2 Å². The smallest absolute Gasteiger partial charge is 0.180 e. The van der Waals surface area contributed by atoms with E-state index in [9.17, 15) is 9.18 Å². The molecule has 19 heavy (non-hydrogen) atoms. The van der Waals surface area contributed by atoms with Gasteiger partial charge in [-0.1, -0.05) is 0 Å². The Kier molecular flexibility index (Phi) is 6.41. The maximum atomic E-state index is 13.2. The van der Waals surface area contributed by atoms with Crippen LogP contribution in [0.25, 0.3) is 0 Å². The molecule has 5 nitrogen and oxygen atoms in total. The molecule has 0 aromatic heterocycles. The minimum absolute atomic E-state index is 0.0130. The fourth-order valence-corrected chi connectivity index (χ4v) is 1.74. The summed E-state index contributed by atoms with van der Waals surface area (Å²) in [4.78, 5) is 13.7. The Labute approximate surface area is 111 Å². The third kappa shape index (κ3) is 4.59. The molecule has 0 spiro atoms. The zero-order chi connectivity index (χ0) is 14.3. The van der Waals surface area contributed by atoms with E-state index in [0.29, 0.717) is 5.75 Å². The summed E-state index contributed by atoms with van der Waals surface area (Å²) < 4.78 is 18.2. The van der Waals surface area contributed by atoms with Crippen LogP contribution in [-0.4, -0.2) is 60.9 Å². The molecule has 1 rings (SSSR count). The second-order valence-electron chi connectivity index (χ2n) is 3.99. The minimum atomic E-state index is -0.514. The zero-order valence-corrected chi connectivity index (χ0v) is 10.8. The van der Waals surface area contributed by atoms with Gasteiger partial charge in [-0.05, 0) is 18.2 Å². The van der Waals surface area contributed by atoms with Gasteiger partial charge in [-0.25, -0.2) is 4.39 Å². The normalized spacial score (nSPS) is 10.8. The minimum Gasteiger partial charge on any atom is -0.496 e. The summed E-state index contributed by atoms with van der Waals surface area (Å²) in [6.45, 7) is 0.288. The van der Waals surface area contributed by atoms with Gasteiger partial charge >= 0.3 is 0 Å². The molecule has 0 atom stereocenters. The van der Waals surface area contributed by atoms with Gasteiger partial charge in [-0.15, -0.1) is 0 Å². The Morgan fingerprint density at radius 3 is 2.47 bits per heavy atom. The number of nitrogens with zero attached hydrogens (tertiary/aromatic N) is 1. The van der Waals surface area contributed by atoms with E-state index >= 15 is 0 Å². The van der Waals surface area contributed by atoms with Crippen LogP contribution in [0.3, 0.4) is 0 Å². The van der Waals surface area contributed by atoms with Gasteiger partial charge in [0.25, 0.3) is 0 Å². The summed E-state index contributed by atoms with van der Waals surface area (Å²) in [6, 6.07) is 3.73. The summed E-state index contributed by atoms with van der Waals surface area (Å²) in [5.41, 5.74) is 0.156. The lowest BCUT2D eigenvalue weighted by Gasteiger charge is -2.19. The molecule has 0 aliphatic heterocycles. The number of halogens is 1. The number of aliphatic hydroxyl groups excluding tert-OH is 2. The van der Waals surface area contributed by atoms with E-state index in [-0.39, 0.29) is 44.2 Å². The predicted molar refractivity (Wildman–Crippen MR) is 67.9 cm³/mol. The van der Waals surface area contributed by atoms with Crippen molar-refractivity contribution >= 4 is 5.78 Å². The van der Waals surface area contributed by atoms with Gasteiger partial charge < -0.3 is 14.9 Å². The second kappa shape index (κ2) is 7.83. The summed E-state index contributed by atoms with van der Waals surface area (Å²) in [6.07, 6.45) is 0. The van der Waals surface area contributed by atoms with Crippen LogP contribution in [0.1, 0.15) is 10.4 Å². The second-order valence-corrected chi connectivity index (χ2v) is 3.99. The number of carbonyl (C=O) groups is 1. The van der Waals surface area contributed by atoms with Crippen molar-refractivity contribution in [2.24, 2.45) is 0 Å². The monoisotopic (exact) mass is 271 g/mol. The lowest BCUT2D eigenvalue weighted by Crippen LogP contribution is -2.34. The highest BCUT2D eigenvalue weighted by molar-refractivity contribution is 6.00. The molecule has 0 saturated heterocycles. The molecule has 1 aromatic rings. The van der Waals surface area contributed by atoms with Gasteiger partial charge in [-0.3, -0.25) is 9.69 Å². The van der Waals surface area contributed by atoms with Crippen LogP contribution < -0.4 is 4.74 Å². The van der Waals surface area contributed by atoms with Crippen LogP contribution in [0.4, 0.5) is 4.39 Å². The quantitative estimate of drug-likeness (QED) is 0.666. The maximum Gasteiger partial charge on any atom is 0.180 e. The number of carbonyl (C=O) groups excluding carboxylic acids is 1. The first-order valence-electron chi connectivity index (χ1n) is 5.93. The summed E-state index contributed by atoms with van der Waals surface area (Å²) >= 11 is 0. The van der Waals surface area contributed by atoms with Crippen LogP contribution in [0.5, 0.6) is 5.75 Å². The Bertz CT molecular complexity index is 419. The molecule has 0 heterocycles. The molecule has 106 valence electrons. The summed E-state index contributed by atoms with van der Waals surface area (Å²) in [7, 11) is 1.41. The average molecular weight is 271 g/mol. The number of ether oxygens (including phenoxy) is 1. The molecule has 0 bridgehead atoms. The van der Waals surface area contributed by atoms with Gasteiger partial charge in [0.15, 0.2) is 5.78 Å². The molecule has 0 aliphatic carbocycles. The molecule has 0 radical (unpaired) electrons. The zero-order valence-electron chi connectivity index (χ0n) is 10.8. The van der Waals surface area contributed by atoms with Crippen molar-refractivity contribution in [3.05, 3.63) is 29.6 Å². The largest absolute Gasteiger partial charge is 0.496 e. The highest BCUT2D eigenvalue weighted by Crippen LogP contribution is 2.20. The van der Waals surface area contributed by atoms with Crippen molar-refractivity contribution in [1.82, 2.24) is 4.90 Å². The van der Waals surface area contributed by atoms with Crippen LogP contribution in [0, 0.1) is 5.82 Å². The standard InChI is InChI=1S/C13H18FNO4/c1-19-13-3-2-10(14)8-11(13)12(18)9-15(4-6-16)5-7-17/h2-3,8,16-17H,4-7,9H2,1H3. The molecule has 2 N–H and O–H groups in total. The lowest BCUT2D eigenvalue weighted by atomic mass is 10.1. The van der Waals surface area contributed by atoms with Gasteiger partial charge in [0, 0.05) is 13.1 Å². The predicted octanol–water partition coefficient (Wildman–Crippen LogP) is 0.304. The number of methoxy groups -OCH3 is 1. The van der Waals surface area contributed by atoms with Crippen molar-refractivity contribution in [3.8, 4) is 5.75 Å². The Morgan fingerprint density at radius 1 is 1.32 bits per heavy atom. The van der Waals surface area contributed by atoms with E-state index in [1.54, 1.807) is 4.90 Å². The summed E-state index contributed by atoms with van der Waals surface area (Å²) in [5.74, 6) is -0.530. The number of hydrogen-bond acceptors (Lipinski definition) is 5. The lowest BCUT2D eigenvalue weighted by molar-refractivity contribution is 0.0890. The Morgan fingerprint density at radius 2 is 1.95 bits per heavy atom. The Hall–Kier alpha value is -1.50. The van der Waals surface area contributed by atoms with E-state index in [1.807, 2.05) is 0 Å². The van der Waals surface area contributed by atoms with E-state index < -0.39 is 5.82 Å². The van der Waals surface area contributed by atoms with Crippen LogP contribution in [-0.2, 0) is 0 Å². The third-order valence-electron chi connectivity index (χ3n) is 2.66. The molecular weight excluding hydrogens is 253 g/mol. The first-order valence-corrected chi connectivity index (χ1v) is 5.93. The maximum absolute atomic E-state index is 13.2. The van der Waals surface area contributed by atoms with Crippen molar-refractivity contribution in [2.75, 3.05) is 40.0 Å². The number of rotatable bonds is 8. The van der Waals surface area contributed by atoms with Crippen LogP contribution >= 0.6 is 0 Å². The molecule has 0 fully saturated rings. The van der Waals surface area contributed by atoms with Crippen LogP contribution in [0.2, 0.25) is 0 Å². The third-order valence-corrected chi connectivity index (χ3v) is 2.66.